The zero-order chi connectivity index (χ0) is 21.6. The number of hydrogen-bond donors (Lipinski definition) is 1. The molecule has 9 heteroatoms. The lowest BCUT2D eigenvalue weighted by molar-refractivity contribution is -0.148. The average molecular weight is 427 g/mol. The first-order chi connectivity index (χ1) is 13.7. The van der Waals surface area contributed by atoms with Crippen LogP contribution in [0.2, 0.25) is 0 Å². The molecule has 2 amide bonds. The normalized spacial score (nSPS) is 18.8. The van der Waals surface area contributed by atoms with Crippen LogP contribution in [0, 0.1) is 6.92 Å². The number of benzene rings is 1. The predicted octanol–water partition coefficient (Wildman–Crippen LogP) is 1.23. The van der Waals surface area contributed by atoms with E-state index in [4.69, 9.17) is 9.47 Å². The number of rotatable bonds is 8. The van der Waals surface area contributed by atoms with E-state index in [9.17, 15) is 18.0 Å². The number of hydrogen-bond acceptors (Lipinski definition) is 6. The van der Waals surface area contributed by atoms with Crippen molar-refractivity contribution < 1.29 is 27.5 Å². The molecular weight excluding hydrogens is 396 g/mol. The first-order valence-corrected chi connectivity index (χ1v) is 11.5. The van der Waals surface area contributed by atoms with Crippen molar-refractivity contribution in [2.75, 3.05) is 38.4 Å². The highest BCUT2D eigenvalue weighted by atomic mass is 32.2. The van der Waals surface area contributed by atoms with E-state index in [0.717, 1.165) is 11.1 Å². The summed E-state index contributed by atoms with van der Waals surface area (Å²) in [4.78, 5) is 26.8. The number of carbonyl (C=O) groups excluding carboxylic acids is 2. The van der Waals surface area contributed by atoms with Gasteiger partial charge in [0.2, 0.25) is 0 Å². The fourth-order valence-corrected chi connectivity index (χ4v) is 5.15. The summed E-state index contributed by atoms with van der Waals surface area (Å²) in [7, 11) is -1.70. The molecule has 2 atom stereocenters. The number of methoxy groups -OCH3 is 1. The Morgan fingerprint density at radius 1 is 1.34 bits per heavy atom. The molecule has 0 spiro atoms. The Bertz CT molecular complexity index is 839. The van der Waals surface area contributed by atoms with Crippen molar-refractivity contribution in [3.8, 4) is 5.75 Å². The van der Waals surface area contributed by atoms with E-state index in [2.05, 4.69) is 5.32 Å². The summed E-state index contributed by atoms with van der Waals surface area (Å²) in [6.07, 6.45) is 0.326. The van der Waals surface area contributed by atoms with Crippen molar-refractivity contribution in [1.29, 1.82) is 0 Å². The SMILES string of the molecule is CCOc1ccc(C)cc1C(C)NC(=O)C(=O)N(CCOC)C1CCS(=O)(=O)C1. The van der Waals surface area contributed by atoms with Crippen LogP contribution in [0.3, 0.4) is 0 Å². The van der Waals surface area contributed by atoms with Crippen LogP contribution in [-0.2, 0) is 24.2 Å². The smallest absolute Gasteiger partial charge is 0.312 e. The van der Waals surface area contributed by atoms with E-state index in [1.165, 1.54) is 12.0 Å². The van der Waals surface area contributed by atoms with E-state index in [1.54, 1.807) is 6.92 Å². The van der Waals surface area contributed by atoms with Crippen LogP contribution in [0.1, 0.15) is 37.4 Å². The van der Waals surface area contributed by atoms with Gasteiger partial charge < -0.3 is 19.7 Å². The van der Waals surface area contributed by atoms with Crippen molar-refractivity contribution in [3.63, 3.8) is 0 Å². The molecule has 2 unspecified atom stereocenters. The summed E-state index contributed by atoms with van der Waals surface area (Å²) in [5, 5.41) is 2.72. The van der Waals surface area contributed by atoms with E-state index in [0.29, 0.717) is 18.8 Å². The second-order valence-electron chi connectivity index (χ2n) is 7.22. The molecule has 1 heterocycles. The quantitative estimate of drug-likeness (QED) is 0.628. The van der Waals surface area contributed by atoms with Crippen molar-refractivity contribution in [2.24, 2.45) is 0 Å². The summed E-state index contributed by atoms with van der Waals surface area (Å²) in [6.45, 7) is 6.45. The van der Waals surface area contributed by atoms with Crippen LogP contribution in [0.5, 0.6) is 5.75 Å². The third-order valence-electron chi connectivity index (χ3n) is 4.92. The van der Waals surface area contributed by atoms with Crippen LogP contribution < -0.4 is 10.1 Å². The number of aryl methyl sites for hydroxylation is 1. The summed E-state index contributed by atoms with van der Waals surface area (Å²) in [5.74, 6) is -0.981. The Morgan fingerprint density at radius 3 is 2.66 bits per heavy atom. The molecule has 0 aliphatic carbocycles. The largest absolute Gasteiger partial charge is 0.494 e. The number of amides is 2. The van der Waals surface area contributed by atoms with Crippen LogP contribution in [0.25, 0.3) is 0 Å². The minimum Gasteiger partial charge on any atom is -0.494 e. The van der Waals surface area contributed by atoms with E-state index >= 15 is 0 Å². The second-order valence-corrected chi connectivity index (χ2v) is 9.45. The summed E-state index contributed by atoms with van der Waals surface area (Å²) < 4.78 is 34.3. The van der Waals surface area contributed by atoms with Gasteiger partial charge >= 0.3 is 11.8 Å². The van der Waals surface area contributed by atoms with Crippen molar-refractivity contribution in [3.05, 3.63) is 29.3 Å². The lowest BCUT2D eigenvalue weighted by Gasteiger charge is -2.28. The summed E-state index contributed by atoms with van der Waals surface area (Å²) in [5.41, 5.74) is 1.79. The fourth-order valence-electron chi connectivity index (χ4n) is 3.42. The molecule has 0 saturated carbocycles. The fraction of sp³-hybridized carbons (Fsp3) is 0.600. The molecular formula is C20H30N2O6S. The van der Waals surface area contributed by atoms with Gasteiger partial charge in [-0.05, 0) is 33.3 Å². The van der Waals surface area contributed by atoms with Gasteiger partial charge in [0, 0.05) is 25.3 Å². The molecule has 1 aromatic carbocycles. The van der Waals surface area contributed by atoms with Crippen LogP contribution in [0.4, 0.5) is 0 Å². The third-order valence-corrected chi connectivity index (χ3v) is 6.67. The molecule has 1 aliphatic rings. The molecule has 162 valence electrons. The van der Waals surface area contributed by atoms with Gasteiger partial charge in [0.1, 0.15) is 5.75 Å². The van der Waals surface area contributed by atoms with Crippen molar-refractivity contribution >= 4 is 21.7 Å². The maximum atomic E-state index is 12.8. The Balaban J connectivity index is 2.14. The number of sulfone groups is 1. The van der Waals surface area contributed by atoms with Gasteiger partial charge in [-0.15, -0.1) is 0 Å². The lowest BCUT2D eigenvalue weighted by Crippen LogP contribution is -2.50. The minimum absolute atomic E-state index is 0.0213. The van der Waals surface area contributed by atoms with Gasteiger partial charge in [-0.2, -0.15) is 0 Å². The van der Waals surface area contributed by atoms with E-state index in [1.807, 2.05) is 32.0 Å². The number of carbonyl (C=O) groups is 2. The molecule has 0 bridgehead atoms. The first-order valence-electron chi connectivity index (χ1n) is 9.72. The standard InChI is InChI=1S/C20H30N2O6S/c1-5-28-18-7-6-14(2)12-17(18)15(3)21-19(23)20(24)22(9-10-27-4)16-8-11-29(25,26)13-16/h6-7,12,15-16H,5,8-11,13H2,1-4H3,(H,21,23). The zero-order valence-corrected chi connectivity index (χ0v) is 18.3. The van der Waals surface area contributed by atoms with Gasteiger partial charge in [-0.1, -0.05) is 17.7 Å². The molecule has 0 radical (unpaired) electrons. The minimum atomic E-state index is -3.19. The molecule has 1 aromatic rings. The van der Waals surface area contributed by atoms with E-state index in [-0.39, 0.29) is 24.7 Å². The average Bonchev–Trinajstić information content (AvgIpc) is 3.02. The van der Waals surface area contributed by atoms with Gasteiger partial charge in [0.05, 0.1) is 30.8 Å². The maximum absolute atomic E-state index is 12.8. The molecule has 0 aromatic heterocycles. The molecule has 1 N–H and O–H groups in total. The third kappa shape index (κ3) is 6.17. The van der Waals surface area contributed by atoms with Crippen LogP contribution >= 0.6 is 0 Å². The number of nitrogens with zero attached hydrogens (tertiary/aromatic N) is 1. The molecule has 1 saturated heterocycles. The van der Waals surface area contributed by atoms with Crippen molar-refractivity contribution in [2.45, 2.75) is 39.3 Å². The zero-order valence-electron chi connectivity index (χ0n) is 17.4. The first kappa shape index (κ1) is 23.2. The highest BCUT2D eigenvalue weighted by molar-refractivity contribution is 7.91. The Morgan fingerprint density at radius 2 is 2.07 bits per heavy atom. The topological polar surface area (TPSA) is 102 Å². The Labute approximate surface area is 172 Å². The van der Waals surface area contributed by atoms with Gasteiger partial charge in [-0.3, -0.25) is 9.59 Å². The maximum Gasteiger partial charge on any atom is 0.312 e. The summed E-state index contributed by atoms with van der Waals surface area (Å²) in [6, 6.07) is 4.70. The van der Waals surface area contributed by atoms with Crippen LogP contribution in [0.15, 0.2) is 18.2 Å². The lowest BCUT2D eigenvalue weighted by atomic mass is 10.0. The molecule has 1 aliphatic heterocycles. The Hall–Kier alpha value is -2.13. The monoisotopic (exact) mass is 426 g/mol. The number of nitrogens with one attached hydrogen (secondary N) is 1. The van der Waals surface area contributed by atoms with Gasteiger partial charge in [0.25, 0.3) is 0 Å². The molecule has 8 nitrogen and oxygen atoms in total. The highest BCUT2D eigenvalue weighted by Gasteiger charge is 2.37. The van der Waals surface area contributed by atoms with Crippen molar-refractivity contribution in [1.82, 2.24) is 10.2 Å². The van der Waals surface area contributed by atoms with Crippen LogP contribution in [-0.4, -0.2) is 69.5 Å². The summed E-state index contributed by atoms with van der Waals surface area (Å²) >= 11 is 0. The highest BCUT2D eigenvalue weighted by Crippen LogP contribution is 2.26. The van der Waals surface area contributed by atoms with Gasteiger partial charge in [-0.25, -0.2) is 8.42 Å². The van der Waals surface area contributed by atoms with E-state index < -0.39 is 33.7 Å². The Kier molecular flexibility index (Phi) is 8.04. The second kappa shape index (κ2) is 10.1. The molecule has 29 heavy (non-hydrogen) atoms. The number of ether oxygens (including phenoxy) is 2. The van der Waals surface area contributed by atoms with Gasteiger partial charge in [0.15, 0.2) is 9.84 Å². The molecule has 1 fully saturated rings. The predicted molar refractivity (Wildman–Crippen MR) is 110 cm³/mol. The molecule has 2 rings (SSSR count).